The summed E-state index contributed by atoms with van der Waals surface area (Å²) in [4.78, 5) is 9.48. The minimum atomic E-state index is -4.25. The van der Waals surface area contributed by atoms with Crippen molar-refractivity contribution in [2.24, 2.45) is 0 Å². The van der Waals surface area contributed by atoms with Gasteiger partial charge in [-0.15, -0.1) is 0 Å². The number of hydrogen-bond donors (Lipinski definition) is 1. The molecular weight excluding hydrogens is 269 g/mol. The van der Waals surface area contributed by atoms with Crippen LogP contribution < -0.4 is 10.2 Å². The molecule has 4 nitrogen and oxygen atoms in total. The largest absolute Gasteiger partial charge is 0.405 e. The fourth-order valence-electron chi connectivity index (χ4n) is 1.85. The number of alkyl halides is 3. The van der Waals surface area contributed by atoms with Crippen LogP contribution in [0.2, 0.25) is 0 Å². The normalized spacial score (nSPS) is 15.7. The molecule has 20 heavy (non-hydrogen) atoms. The van der Waals surface area contributed by atoms with Gasteiger partial charge in [-0.3, -0.25) is 4.98 Å². The second-order valence-electron chi connectivity index (χ2n) is 5.36. The summed E-state index contributed by atoms with van der Waals surface area (Å²) in [5.74, 6) is 0.257. The van der Waals surface area contributed by atoms with Crippen LogP contribution in [0.1, 0.15) is 32.4 Å². The molecule has 1 fully saturated rings. The number of rotatable bonds is 6. The molecule has 1 saturated carbocycles. The zero-order chi connectivity index (χ0) is 14.8. The first-order valence-corrected chi connectivity index (χ1v) is 6.73. The molecule has 7 heteroatoms. The van der Waals surface area contributed by atoms with Gasteiger partial charge >= 0.3 is 6.18 Å². The summed E-state index contributed by atoms with van der Waals surface area (Å²) in [6, 6.07) is 0.273. The van der Waals surface area contributed by atoms with Gasteiger partial charge in [0.2, 0.25) is 0 Å². The Hall–Kier alpha value is -1.37. The number of aromatic nitrogens is 2. The monoisotopic (exact) mass is 288 g/mol. The third kappa shape index (κ3) is 4.63. The zero-order valence-corrected chi connectivity index (χ0v) is 11.6. The first-order chi connectivity index (χ1) is 9.35. The van der Waals surface area contributed by atoms with Gasteiger partial charge in [0.15, 0.2) is 0 Å². The number of anilines is 1. The van der Waals surface area contributed by atoms with Crippen molar-refractivity contribution >= 4 is 5.82 Å². The molecule has 0 saturated heterocycles. The third-order valence-corrected chi connectivity index (χ3v) is 3.11. The molecule has 0 unspecified atom stereocenters. The van der Waals surface area contributed by atoms with Gasteiger partial charge in [-0.1, -0.05) is 0 Å². The molecule has 0 aromatic carbocycles. The SMILES string of the molecule is CC(C)N(CC(F)(F)F)c1cnc(CNC2CC2)cn1. The maximum atomic E-state index is 12.5. The van der Waals surface area contributed by atoms with E-state index in [0.717, 1.165) is 5.69 Å². The molecule has 1 aromatic rings. The smallest absolute Gasteiger partial charge is 0.344 e. The number of nitrogens with zero attached hydrogens (tertiary/aromatic N) is 3. The van der Waals surface area contributed by atoms with Crippen molar-refractivity contribution in [1.29, 1.82) is 0 Å². The molecule has 0 bridgehead atoms. The molecule has 0 atom stereocenters. The highest BCUT2D eigenvalue weighted by Crippen LogP contribution is 2.22. The second kappa shape index (κ2) is 5.95. The molecule has 0 radical (unpaired) electrons. The quantitative estimate of drug-likeness (QED) is 0.873. The second-order valence-corrected chi connectivity index (χ2v) is 5.36. The van der Waals surface area contributed by atoms with Crippen molar-refractivity contribution in [3.05, 3.63) is 18.1 Å². The van der Waals surface area contributed by atoms with Crippen LogP contribution in [0.5, 0.6) is 0 Å². The van der Waals surface area contributed by atoms with E-state index in [-0.39, 0.29) is 11.9 Å². The van der Waals surface area contributed by atoms with Gasteiger partial charge in [-0.25, -0.2) is 4.98 Å². The highest BCUT2D eigenvalue weighted by Gasteiger charge is 2.32. The first-order valence-electron chi connectivity index (χ1n) is 6.73. The molecule has 0 aliphatic heterocycles. The van der Waals surface area contributed by atoms with Crippen LogP contribution in [0.25, 0.3) is 0 Å². The van der Waals surface area contributed by atoms with E-state index in [2.05, 4.69) is 15.3 Å². The van der Waals surface area contributed by atoms with Crippen molar-refractivity contribution in [2.75, 3.05) is 11.4 Å². The standard InChI is InChI=1S/C13H19F3N4/c1-9(2)20(8-13(14,15)16)12-7-18-11(6-19-12)5-17-10-3-4-10/h6-7,9-10,17H,3-5,8H2,1-2H3. The summed E-state index contributed by atoms with van der Waals surface area (Å²) in [6.45, 7) is 3.00. The molecule has 0 amide bonds. The van der Waals surface area contributed by atoms with Gasteiger partial charge in [0.25, 0.3) is 0 Å². The predicted molar refractivity (Wildman–Crippen MR) is 70.4 cm³/mol. The van der Waals surface area contributed by atoms with Crippen LogP contribution in [0.15, 0.2) is 12.4 Å². The average Bonchev–Trinajstić information content (AvgIpc) is 3.17. The lowest BCUT2D eigenvalue weighted by Gasteiger charge is -2.28. The van der Waals surface area contributed by atoms with E-state index in [9.17, 15) is 13.2 Å². The Kier molecular flexibility index (Phi) is 4.47. The van der Waals surface area contributed by atoms with Crippen molar-refractivity contribution in [2.45, 2.75) is 51.5 Å². The minimum Gasteiger partial charge on any atom is -0.344 e. The van der Waals surface area contributed by atoms with Gasteiger partial charge in [0, 0.05) is 18.6 Å². The maximum Gasteiger partial charge on any atom is 0.405 e. The minimum absolute atomic E-state index is 0.257. The Morgan fingerprint density at radius 3 is 2.45 bits per heavy atom. The van der Waals surface area contributed by atoms with Crippen LogP contribution in [0, 0.1) is 0 Å². The van der Waals surface area contributed by atoms with E-state index in [1.807, 2.05) is 0 Å². The van der Waals surface area contributed by atoms with E-state index in [0.29, 0.717) is 12.6 Å². The fraction of sp³-hybridized carbons (Fsp3) is 0.692. The molecule has 1 aromatic heterocycles. The predicted octanol–water partition coefficient (Wildman–Crippen LogP) is 2.51. The summed E-state index contributed by atoms with van der Waals surface area (Å²) in [7, 11) is 0. The molecular formula is C13H19F3N4. The third-order valence-electron chi connectivity index (χ3n) is 3.11. The van der Waals surface area contributed by atoms with Crippen molar-refractivity contribution in [3.8, 4) is 0 Å². The van der Waals surface area contributed by atoms with Crippen LogP contribution in [0.3, 0.4) is 0 Å². The number of hydrogen-bond acceptors (Lipinski definition) is 4. The Morgan fingerprint density at radius 2 is 2.00 bits per heavy atom. The highest BCUT2D eigenvalue weighted by atomic mass is 19.4. The van der Waals surface area contributed by atoms with Gasteiger partial charge in [-0.2, -0.15) is 13.2 Å². The van der Waals surface area contributed by atoms with Crippen molar-refractivity contribution in [3.63, 3.8) is 0 Å². The lowest BCUT2D eigenvalue weighted by atomic mass is 10.3. The van der Waals surface area contributed by atoms with Gasteiger partial charge < -0.3 is 10.2 Å². The maximum absolute atomic E-state index is 12.5. The number of nitrogens with one attached hydrogen (secondary N) is 1. The van der Waals surface area contributed by atoms with Gasteiger partial charge in [-0.05, 0) is 26.7 Å². The van der Waals surface area contributed by atoms with E-state index in [4.69, 9.17) is 0 Å². The molecule has 1 N–H and O–H groups in total. The van der Waals surface area contributed by atoms with E-state index in [1.165, 1.54) is 30.1 Å². The lowest BCUT2D eigenvalue weighted by molar-refractivity contribution is -0.120. The van der Waals surface area contributed by atoms with Crippen molar-refractivity contribution in [1.82, 2.24) is 15.3 Å². The Balaban J connectivity index is 2.00. The summed E-state index contributed by atoms with van der Waals surface area (Å²) in [5, 5.41) is 3.29. The van der Waals surface area contributed by atoms with E-state index < -0.39 is 12.7 Å². The molecule has 1 aliphatic carbocycles. The highest BCUT2D eigenvalue weighted by molar-refractivity contribution is 5.37. The Labute approximate surface area is 116 Å². The molecule has 2 rings (SSSR count). The molecule has 112 valence electrons. The summed E-state index contributed by atoms with van der Waals surface area (Å²) in [5.41, 5.74) is 0.747. The van der Waals surface area contributed by atoms with Crippen LogP contribution in [-0.2, 0) is 6.54 Å². The van der Waals surface area contributed by atoms with Gasteiger partial charge in [0.05, 0.1) is 18.1 Å². The number of halogens is 3. The Bertz CT molecular complexity index is 426. The molecule has 0 spiro atoms. The Morgan fingerprint density at radius 1 is 1.30 bits per heavy atom. The summed E-state index contributed by atoms with van der Waals surface area (Å²) >= 11 is 0. The fourth-order valence-corrected chi connectivity index (χ4v) is 1.85. The van der Waals surface area contributed by atoms with Gasteiger partial charge in [0.1, 0.15) is 12.4 Å². The van der Waals surface area contributed by atoms with Crippen LogP contribution in [0.4, 0.5) is 19.0 Å². The van der Waals surface area contributed by atoms with Crippen molar-refractivity contribution < 1.29 is 13.2 Å². The van der Waals surface area contributed by atoms with Crippen LogP contribution >= 0.6 is 0 Å². The summed E-state index contributed by atoms with van der Waals surface area (Å²) < 4.78 is 37.6. The summed E-state index contributed by atoms with van der Waals surface area (Å²) in [6.07, 6.45) is 1.06. The molecule has 1 aliphatic rings. The van der Waals surface area contributed by atoms with E-state index >= 15 is 0 Å². The zero-order valence-electron chi connectivity index (χ0n) is 11.6. The average molecular weight is 288 g/mol. The van der Waals surface area contributed by atoms with Crippen LogP contribution in [-0.4, -0.2) is 34.8 Å². The topological polar surface area (TPSA) is 41.1 Å². The molecule has 1 heterocycles. The van der Waals surface area contributed by atoms with E-state index in [1.54, 1.807) is 13.8 Å². The lowest BCUT2D eigenvalue weighted by Crippen LogP contribution is -2.39. The first kappa shape index (κ1) is 15.0.